The van der Waals surface area contributed by atoms with E-state index in [4.69, 9.17) is 0 Å². The van der Waals surface area contributed by atoms with Gasteiger partial charge in [-0.15, -0.1) is 11.3 Å². The van der Waals surface area contributed by atoms with E-state index in [2.05, 4.69) is 342 Å². The molecule has 0 atom stereocenters. The molecule has 0 fully saturated rings. The average molecular weight is 1230 g/mol. The molecule has 16 rings (SSSR count). The van der Waals surface area contributed by atoms with Crippen molar-refractivity contribution in [1.82, 2.24) is 0 Å². The van der Waals surface area contributed by atoms with E-state index in [1.807, 2.05) is 11.3 Å². The molecule has 0 radical (unpaired) electrons. The van der Waals surface area contributed by atoms with E-state index < -0.39 is 0 Å². The van der Waals surface area contributed by atoms with Crippen molar-refractivity contribution in [2.24, 2.45) is 0 Å². The van der Waals surface area contributed by atoms with Crippen LogP contribution in [0.2, 0.25) is 0 Å². The Labute approximate surface area is 555 Å². The van der Waals surface area contributed by atoms with Crippen molar-refractivity contribution in [3.05, 3.63) is 280 Å². The van der Waals surface area contributed by atoms with E-state index in [9.17, 15) is 0 Å². The minimum atomic E-state index is -0.321. The van der Waals surface area contributed by atoms with Gasteiger partial charge in [0.1, 0.15) is 0 Å². The Morgan fingerprint density at radius 2 is 0.871 bits per heavy atom. The molecule has 0 bridgehead atoms. The first kappa shape index (κ1) is 58.7. The van der Waals surface area contributed by atoms with Gasteiger partial charge in [0.05, 0.1) is 17.1 Å². The van der Waals surface area contributed by atoms with Gasteiger partial charge in [0.2, 0.25) is 0 Å². The summed E-state index contributed by atoms with van der Waals surface area (Å²) >= 11 is 1.99. The van der Waals surface area contributed by atoms with Gasteiger partial charge in [-0.2, -0.15) is 0 Å². The summed E-state index contributed by atoms with van der Waals surface area (Å²) in [5.74, 6) is 0. The number of nitrogens with zero attached hydrogens (tertiary/aromatic N) is 4. The van der Waals surface area contributed by atoms with Crippen LogP contribution in [0.4, 0.5) is 68.2 Å². The third-order valence-corrected chi connectivity index (χ3v) is 22.2. The molecular formula is C87H81BN4S. The maximum atomic E-state index is 2.73. The monoisotopic (exact) mass is 1220 g/mol. The van der Waals surface area contributed by atoms with Crippen LogP contribution in [-0.4, -0.2) is 6.71 Å². The maximum absolute atomic E-state index is 2.73. The second-order valence-corrected chi connectivity index (χ2v) is 31.3. The van der Waals surface area contributed by atoms with Gasteiger partial charge in [0.15, 0.2) is 0 Å². The fraction of sp³-hybridized carbons (Fsp3) is 0.218. The van der Waals surface area contributed by atoms with Crippen molar-refractivity contribution in [3.63, 3.8) is 0 Å². The predicted molar refractivity (Wildman–Crippen MR) is 401 cm³/mol. The zero-order valence-corrected chi connectivity index (χ0v) is 57.4. The Morgan fingerprint density at radius 1 is 0.398 bits per heavy atom. The number of rotatable bonds is 8. The van der Waals surface area contributed by atoms with Crippen LogP contribution in [0.15, 0.2) is 218 Å². The van der Waals surface area contributed by atoms with Crippen LogP contribution in [0.25, 0.3) is 32.3 Å². The summed E-state index contributed by atoms with van der Waals surface area (Å²) in [6.45, 7) is 34.9. The van der Waals surface area contributed by atoms with Crippen LogP contribution in [0.5, 0.6) is 0 Å². The molecule has 0 unspecified atom stereocenters. The van der Waals surface area contributed by atoms with Crippen LogP contribution in [-0.2, 0) is 21.7 Å². The molecule has 6 heteroatoms. The van der Waals surface area contributed by atoms with Gasteiger partial charge in [-0.3, -0.25) is 0 Å². The number of benzene rings is 11. The number of fused-ring (bicyclic) bond motifs is 12. The van der Waals surface area contributed by atoms with E-state index in [-0.39, 0.29) is 28.4 Å². The number of aryl methyl sites for hydroxylation is 5. The zero-order valence-electron chi connectivity index (χ0n) is 56.6. The van der Waals surface area contributed by atoms with Gasteiger partial charge in [0.25, 0.3) is 6.71 Å². The Bertz CT molecular complexity index is 4960. The lowest BCUT2D eigenvalue weighted by molar-refractivity contribution is 0.590. The van der Waals surface area contributed by atoms with Gasteiger partial charge >= 0.3 is 0 Å². The van der Waals surface area contributed by atoms with E-state index >= 15 is 0 Å². The smallest absolute Gasteiger partial charge is 0.264 e. The summed E-state index contributed by atoms with van der Waals surface area (Å²) in [6, 6.07) is 85.0. The molecule has 2 aliphatic heterocycles. The molecule has 4 aliphatic rings. The van der Waals surface area contributed by atoms with Gasteiger partial charge in [-0.1, -0.05) is 207 Å². The Kier molecular flexibility index (Phi) is 13.1. The van der Waals surface area contributed by atoms with Crippen molar-refractivity contribution in [2.75, 3.05) is 19.6 Å². The largest absolute Gasteiger partial charge is 0.311 e. The molecule has 4 nitrogen and oxygen atoms in total. The summed E-state index contributed by atoms with van der Waals surface area (Å²) in [5.41, 5.74) is 35.1. The molecule has 3 heterocycles. The van der Waals surface area contributed by atoms with Gasteiger partial charge in [-0.05, 0) is 215 Å². The zero-order chi connectivity index (χ0) is 64.5. The summed E-state index contributed by atoms with van der Waals surface area (Å²) in [6.07, 6.45) is 0. The number of hydrogen-bond donors (Lipinski definition) is 0. The third kappa shape index (κ3) is 9.13. The van der Waals surface area contributed by atoms with Crippen molar-refractivity contribution >= 4 is 112 Å². The molecule has 11 aromatic carbocycles. The van der Waals surface area contributed by atoms with Gasteiger partial charge in [-0.25, -0.2) is 0 Å². The van der Waals surface area contributed by atoms with Gasteiger partial charge in [0, 0.05) is 82.4 Å². The molecule has 12 aromatic rings. The van der Waals surface area contributed by atoms with Crippen LogP contribution in [0, 0.1) is 34.6 Å². The van der Waals surface area contributed by atoms with Crippen LogP contribution in [0.3, 0.4) is 0 Å². The van der Waals surface area contributed by atoms with Crippen LogP contribution < -0.4 is 35.3 Å². The first-order valence-electron chi connectivity index (χ1n) is 33.3. The van der Waals surface area contributed by atoms with Crippen LogP contribution >= 0.6 is 11.3 Å². The lowest BCUT2D eigenvalue weighted by Crippen LogP contribution is -2.60. The Morgan fingerprint density at radius 3 is 1.43 bits per heavy atom. The van der Waals surface area contributed by atoms with Crippen LogP contribution in [0.1, 0.15) is 130 Å². The fourth-order valence-electron chi connectivity index (χ4n) is 16.0. The molecular weight excluding hydrogens is 1140 g/mol. The highest BCUT2D eigenvalue weighted by Gasteiger charge is 2.48. The molecule has 458 valence electrons. The maximum Gasteiger partial charge on any atom is 0.264 e. The fourth-order valence-corrected chi connectivity index (χ4v) is 17.3. The Balaban J connectivity index is 1.03. The topological polar surface area (TPSA) is 13.0 Å². The predicted octanol–water partition coefficient (Wildman–Crippen LogP) is 22.7. The minimum absolute atomic E-state index is 0.0812. The molecule has 2 aliphatic carbocycles. The van der Waals surface area contributed by atoms with Crippen molar-refractivity contribution < 1.29 is 0 Å². The van der Waals surface area contributed by atoms with Crippen molar-refractivity contribution in [3.8, 4) is 22.3 Å². The lowest BCUT2D eigenvalue weighted by atomic mass is 9.36. The van der Waals surface area contributed by atoms with Gasteiger partial charge < -0.3 is 19.6 Å². The molecule has 0 saturated carbocycles. The molecule has 1 aromatic heterocycles. The first-order chi connectivity index (χ1) is 44.4. The average Bonchev–Trinajstić information content (AvgIpc) is 1.68. The third-order valence-electron chi connectivity index (χ3n) is 21.0. The normalized spacial score (nSPS) is 14.5. The summed E-state index contributed by atoms with van der Waals surface area (Å²) in [5, 5.41) is 1.29. The lowest BCUT2D eigenvalue weighted by Gasteiger charge is -2.44. The molecule has 0 spiro atoms. The van der Waals surface area contributed by atoms with Crippen molar-refractivity contribution in [1.29, 1.82) is 0 Å². The summed E-state index contributed by atoms with van der Waals surface area (Å²) in [7, 11) is 0. The molecule has 0 N–H and O–H groups in total. The quantitative estimate of drug-likeness (QED) is 0.141. The Hall–Kier alpha value is -9.36. The summed E-state index contributed by atoms with van der Waals surface area (Å²) in [4.78, 5) is 10.5. The van der Waals surface area contributed by atoms with E-state index in [1.165, 1.54) is 138 Å². The second kappa shape index (κ2) is 20.8. The SMILES string of the molecule is Cc1ccc(N(c2ccc(C)cc2)c2cc(N3c4ccc(C(C)(C)C)cc4B4c5sc6ccc(C(C)(C)C)cc6c5N(c5cc6c(c(N(c7ccc(C)cc7)c7ccc(C)cc7)c5)C(C)(C)c5ccccc5-6)c5cc(C)cc3c54)cc3c2-c2ccccc2C3(C)C)cc1. The van der Waals surface area contributed by atoms with E-state index in [0.717, 1.165) is 39.8 Å². The second-order valence-electron chi connectivity index (χ2n) is 30.2. The number of thiophene rings is 1. The summed E-state index contributed by atoms with van der Waals surface area (Å²) < 4.78 is 2.67. The highest BCUT2D eigenvalue weighted by atomic mass is 32.1. The van der Waals surface area contributed by atoms with E-state index in [0.29, 0.717) is 0 Å². The highest BCUT2D eigenvalue weighted by molar-refractivity contribution is 7.33. The van der Waals surface area contributed by atoms with E-state index in [1.54, 1.807) is 0 Å². The number of anilines is 12. The molecule has 0 amide bonds. The molecule has 93 heavy (non-hydrogen) atoms. The minimum Gasteiger partial charge on any atom is -0.311 e. The molecule has 0 saturated heterocycles. The standard InChI is InChI=1S/C87H81BN4S/c1-52-24-34-59(35-25-52)89(60-36-26-53(2)27-37-60)74-50-64(49-71-79(74)66-21-17-19-23-70(66)86(71,12)13)91-73-42-32-58(85(9,10)11)47-72(73)88-81-76(91)44-56(5)45-77(81)92(82-68-46-57(84(6,7)8)33-43-78(68)93-83(82)88)63-48-67-65-20-16-18-22-69(65)87(14,15)80(67)75(51-63)90(61-38-28-54(3)29-39-61)62-40-30-55(4)31-41-62/h16-51H,1-15H3. The van der Waals surface area contributed by atoms with Crippen molar-refractivity contribution in [2.45, 2.75) is 126 Å². The highest BCUT2D eigenvalue weighted by Crippen LogP contribution is 2.60. The number of hydrogen-bond acceptors (Lipinski definition) is 5. The first-order valence-corrected chi connectivity index (χ1v) is 34.2.